The van der Waals surface area contributed by atoms with Crippen LogP contribution in [0.3, 0.4) is 0 Å². The summed E-state index contributed by atoms with van der Waals surface area (Å²) >= 11 is 0. The molecule has 1 aromatic carbocycles. The fourth-order valence-corrected chi connectivity index (χ4v) is 2.08. The fourth-order valence-electron chi connectivity index (χ4n) is 2.08. The Labute approximate surface area is 121 Å². The average Bonchev–Trinajstić information content (AvgIpc) is 2.46. The maximum atomic E-state index is 12.0. The summed E-state index contributed by atoms with van der Waals surface area (Å²) in [5, 5.41) is 11.9. The SMILES string of the molecule is CCCC(CCO)CNC(=O)C(C)Oc1ccccc1. The van der Waals surface area contributed by atoms with Crippen LogP contribution in [0.5, 0.6) is 5.75 Å². The second kappa shape index (κ2) is 9.37. The van der Waals surface area contributed by atoms with Crippen molar-refractivity contribution < 1.29 is 14.6 Å². The number of carbonyl (C=O) groups is 1. The topological polar surface area (TPSA) is 58.6 Å². The van der Waals surface area contributed by atoms with E-state index in [9.17, 15) is 4.79 Å². The Morgan fingerprint density at radius 1 is 1.30 bits per heavy atom. The zero-order valence-corrected chi connectivity index (χ0v) is 12.3. The molecule has 0 saturated carbocycles. The lowest BCUT2D eigenvalue weighted by Crippen LogP contribution is -2.39. The molecule has 0 aliphatic carbocycles. The van der Waals surface area contributed by atoms with Gasteiger partial charge in [-0.15, -0.1) is 0 Å². The molecule has 0 bridgehead atoms. The van der Waals surface area contributed by atoms with E-state index in [1.807, 2.05) is 30.3 Å². The minimum atomic E-state index is -0.520. The summed E-state index contributed by atoms with van der Waals surface area (Å²) in [6.07, 6.45) is 2.27. The first-order valence-corrected chi connectivity index (χ1v) is 7.27. The van der Waals surface area contributed by atoms with Crippen LogP contribution in [0.4, 0.5) is 0 Å². The molecule has 1 aromatic rings. The zero-order valence-electron chi connectivity index (χ0n) is 12.3. The summed E-state index contributed by atoms with van der Waals surface area (Å²) in [5.74, 6) is 0.904. The van der Waals surface area contributed by atoms with Crippen molar-refractivity contribution in [2.75, 3.05) is 13.2 Å². The van der Waals surface area contributed by atoms with Crippen molar-refractivity contribution in [2.24, 2.45) is 5.92 Å². The molecule has 0 aromatic heterocycles. The summed E-state index contributed by atoms with van der Waals surface area (Å²) in [7, 11) is 0. The number of amides is 1. The van der Waals surface area contributed by atoms with E-state index in [-0.39, 0.29) is 12.5 Å². The van der Waals surface area contributed by atoms with E-state index in [0.29, 0.717) is 18.2 Å². The van der Waals surface area contributed by atoms with E-state index in [0.717, 1.165) is 19.3 Å². The first kappa shape index (κ1) is 16.5. The number of nitrogens with one attached hydrogen (secondary N) is 1. The van der Waals surface area contributed by atoms with E-state index < -0.39 is 6.10 Å². The molecule has 2 N–H and O–H groups in total. The van der Waals surface area contributed by atoms with Gasteiger partial charge < -0.3 is 15.2 Å². The molecule has 0 saturated heterocycles. The van der Waals surface area contributed by atoms with Crippen molar-refractivity contribution in [1.29, 1.82) is 0 Å². The molecule has 0 fully saturated rings. The smallest absolute Gasteiger partial charge is 0.260 e. The van der Waals surface area contributed by atoms with Crippen molar-refractivity contribution >= 4 is 5.91 Å². The minimum absolute atomic E-state index is 0.118. The van der Waals surface area contributed by atoms with Gasteiger partial charge in [-0.1, -0.05) is 31.5 Å². The van der Waals surface area contributed by atoms with Crippen molar-refractivity contribution in [2.45, 2.75) is 39.2 Å². The van der Waals surface area contributed by atoms with Gasteiger partial charge in [0.1, 0.15) is 5.75 Å². The maximum Gasteiger partial charge on any atom is 0.260 e. The molecule has 0 aliphatic rings. The van der Waals surface area contributed by atoms with Gasteiger partial charge in [0, 0.05) is 13.2 Å². The second-order valence-electron chi connectivity index (χ2n) is 4.99. The highest BCUT2D eigenvalue weighted by Crippen LogP contribution is 2.12. The van der Waals surface area contributed by atoms with E-state index >= 15 is 0 Å². The number of ether oxygens (including phenoxy) is 1. The minimum Gasteiger partial charge on any atom is -0.481 e. The van der Waals surface area contributed by atoms with Gasteiger partial charge >= 0.3 is 0 Å². The molecule has 0 heterocycles. The highest BCUT2D eigenvalue weighted by molar-refractivity contribution is 5.80. The lowest BCUT2D eigenvalue weighted by molar-refractivity contribution is -0.127. The third-order valence-corrected chi connectivity index (χ3v) is 3.22. The van der Waals surface area contributed by atoms with Gasteiger partial charge in [0.15, 0.2) is 6.10 Å². The van der Waals surface area contributed by atoms with Crippen LogP contribution in [0, 0.1) is 5.92 Å². The lowest BCUT2D eigenvalue weighted by Gasteiger charge is -2.18. The molecule has 4 heteroatoms. The standard InChI is InChI=1S/C16H25NO3/c1-3-7-14(10-11-18)12-17-16(19)13(2)20-15-8-5-4-6-9-15/h4-6,8-9,13-14,18H,3,7,10-12H2,1-2H3,(H,17,19). The van der Waals surface area contributed by atoms with Gasteiger partial charge in [0.25, 0.3) is 5.91 Å². The quantitative estimate of drug-likeness (QED) is 0.729. The van der Waals surface area contributed by atoms with Gasteiger partial charge in [-0.2, -0.15) is 0 Å². The highest BCUT2D eigenvalue weighted by Gasteiger charge is 2.16. The fraction of sp³-hybridized carbons (Fsp3) is 0.562. The predicted molar refractivity (Wildman–Crippen MR) is 79.6 cm³/mol. The third kappa shape index (κ3) is 6.06. The Hall–Kier alpha value is -1.55. The van der Waals surface area contributed by atoms with Crippen LogP contribution < -0.4 is 10.1 Å². The first-order valence-electron chi connectivity index (χ1n) is 7.27. The number of carbonyl (C=O) groups excluding carboxylic acids is 1. The third-order valence-electron chi connectivity index (χ3n) is 3.22. The number of benzene rings is 1. The summed E-state index contributed by atoms with van der Waals surface area (Å²) in [5.41, 5.74) is 0. The Kier molecular flexibility index (Phi) is 7.73. The first-order chi connectivity index (χ1) is 9.67. The van der Waals surface area contributed by atoms with Gasteiger partial charge in [-0.3, -0.25) is 4.79 Å². The Bertz CT molecular complexity index is 375. The number of hydrogen-bond donors (Lipinski definition) is 2. The molecule has 1 rings (SSSR count). The normalized spacial score (nSPS) is 13.6. The highest BCUT2D eigenvalue weighted by atomic mass is 16.5. The van der Waals surface area contributed by atoms with Gasteiger partial charge in [-0.25, -0.2) is 0 Å². The van der Waals surface area contributed by atoms with Crippen LogP contribution in [0.15, 0.2) is 30.3 Å². The Balaban J connectivity index is 2.37. The number of rotatable bonds is 9. The molecule has 0 spiro atoms. The van der Waals surface area contributed by atoms with Crippen LogP contribution in [-0.2, 0) is 4.79 Å². The largest absolute Gasteiger partial charge is 0.481 e. The summed E-state index contributed by atoms with van der Waals surface area (Å²) in [6.45, 7) is 4.60. The molecule has 20 heavy (non-hydrogen) atoms. The predicted octanol–water partition coefficient (Wildman–Crippen LogP) is 2.37. The zero-order chi connectivity index (χ0) is 14.8. The summed E-state index contributed by atoms with van der Waals surface area (Å²) in [6, 6.07) is 9.31. The molecule has 2 unspecified atom stereocenters. The Morgan fingerprint density at radius 3 is 2.60 bits per heavy atom. The van der Waals surface area contributed by atoms with Crippen molar-refractivity contribution in [1.82, 2.24) is 5.32 Å². The number of para-hydroxylation sites is 1. The lowest BCUT2D eigenvalue weighted by atomic mass is 10.0. The van der Waals surface area contributed by atoms with E-state index in [4.69, 9.17) is 9.84 Å². The molecule has 2 atom stereocenters. The van der Waals surface area contributed by atoms with E-state index in [1.54, 1.807) is 6.92 Å². The Morgan fingerprint density at radius 2 is 2.00 bits per heavy atom. The molecular formula is C16H25NO3. The summed E-state index contributed by atoms with van der Waals surface area (Å²) < 4.78 is 5.57. The summed E-state index contributed by atoms with van der Waals surface area (Å²) in [4.78, 5) is 12.0. The van der Waals surface area contributed by atoms with Crippen LogP contribution in [-0.4, -0.2) is 30.3 Å². The maximum absolute atomic E-state index is 12.0. The van der Waals surface area contributed by atoms with Gasteiger partial charge in [0.05, 0.1) is 0 Å². The molecule has 0 aliphatic heterocycles. The molecule has 1 amide bonds. The van der Waals surface area contributed by atoms with E-state index in [1.165, 1.54) is 0 Å². The molecule has 112 valence electrons. The monoisotopic (exact) mass is 279 g/mol. The van der Waals surface area contributed by atoms with E-state index in [2.05, 4.69) is 12.2 Å². The number of hydrogen-bond acceptors (Lipinski definition) is 3. The second-order valence-corrected chi connectivity index (χ2v) is 4.99. The van der Waals surface area contributed by atoms with Crippen molar-refractivity contribution in [3.05, 3.63) is 30.3 Å². The van der Waals surface area contributed by atoms with Crippen LogP contribution in [0.2, 0.25) is 0 Å². The van der Waals surface area contributed by atoms with Crippen LogP contribution >= 0.6 is 0 Å². The van der Waals surface area contributed by atoms with Crippen molar-refractivity contribution in [3.8, 4) is 5.75 Å². The number of aliphatic hydroxyl groups is 1. The van der Waals surface area contributed by atoms with Gasteiger partial charge in [-0.05, 0) is 37.8 Å². The van der Waals surface area contributed by atoms with Gasteiger partial charge in [0.2, 0.25) is 0 Å². The molecular weight excluding hydrogens is 254 g/mol. The number of aliphatic hydroxyl groups excluding tert-OH is 1. The van der Waals surface area contributed by atoms with Crippen molar-refractivity contribution in [3.63, 3.8) is 0 Å². The van der Waals surface area contributed by atoms with Crippen LogP contribution in [0.25, 0.3) is 0 Å². The van der Waals surface area contributed by atoms with Crippen LogP contribution in [0.1, 0.15) is 33.1 Å². The molecule has 4 nitrogen and oxygen atoms in total. The average molecular weight is 279 g/mol. The molecule has 0 radical (unpaired) electrons.